The summed E-state index contributed by atoms with van der Waals surface area (Å²) in [5.41, 5.74) is 1.56. The number of carbonyl (C=O) groups is 2. The number of dihydropyridines is 1. The Labute approximate surface area is 217 Å². The third-order valence-electron chi connectivity index (χ3n) is 5.79. The molecule has 0 saturated carbocycles. The number of benzene rings is 1. The molecule has 0 aliphatic carbocycles. The maximum atomic E-state index is 13.4. The number of aryl methyl sites for hydroxylation is 1. The van der Waals surface area contributed by atoms with Gasteiger partial charge in [0, 0.05) is 31.3 Å². The Morgan fingerprint density at radius 3 is 2.18 bits per heavy atom. The monoisotopic (exact) mass is 529 g/mol. The molecule has 1 atom stereocenters. The van der Waals surface area contributed by atoms with Crippen molar-refractivity contribution in [3.8, 4) is 0 Å². The molecule has 1 aromatic carbocycles. The first-order chi connectivity index (χ1) is 18.1. The van der Waals surface area contributed by atoms with Gasteiger partial charge in [-0.2, -0.15) is 0 Å². The molecule has 1 aromatic heterocycles. The van der Waals surface area contributed by atoms with Crippen LogP contribution < -0.4 is 5.32 Å². The van der Waals surface area contributed by atoms with E-state index in [2.05, 4.69) is 15.1 Å². The molecule has 1 aliphatic heterocycles. The molecule has 14 heteroatoms. The number of nitrogens with one attached hydrogen (secondary N) is 1. The lowest BCUT2D eigenvalue weighted by Crippen LogP contribution is -2.34. The maximum Gasteiger partial charge on any atom is 0.385 e. The molecular formula is C24H27N5O9. The predicted octanol–water partition coefficient (Wildman–Crippen LogP) is 2.49. The number of hydrogen-bond donors (Lipinski definition) is 1. The Morgan fingerprint density at radius 2 is 1.61 bits per heavy atom. The number of rotatable bonds is 12. The Hall–Kier alpha value is -4.75. The molecule has 0 saturated heterocycles. The summed E-state index contributed by atoms with van der Waals surface area (Å²) in [5, 5.41) is 24.1. The highest BCUT2D eigenvalue weighted by molar-refractivity contribution is 6.00. The smallest absolute Gasteiger partial charge is 0.385 e. The van der Waals surface area contributed by atoms with Gasteiger partial charge in [0.15, 0.2) is 0 Å². The van der Waals surface area contributed by atoms with Crippen molar-refractivity contribution in [2.75, 3.05) is 19.8 Å². The highest BCUT2D eigenvalue weighted by Crippen LogP contribution is 2.42. The van der Waals surface area contributed by atoms with Crippen molar-refractivity contribution in [3.05, 3.63) is 90.7 Å². The zero-order chi connectivity index (χ0) is 27.8. The minimum atomic E-state index is -1.23. The lowest BCUT2D eigenvalue weighted by molar-refractivity contribution is -0.757. The fourth-order valence-electron chi connectivity index (χ4n) is 4.13. The Morgan fingerprint density at radius 1 is 1.00 bits per heavy atom. The Kier molecular flexibility index (Phi) is 9.13. The van der Waals surface area contributed by atoms with Crippen molar-refractivity contribution < 1.29 is 33.9 Å². The van der Waals surface area contributed by atoms with E-state index in [9.17, 15) is 29.8 Å². The van der Waals surface area contributed by atoms with Crippen molar-refractivity contribution in [2.45, 2.75) is 32.6 Å². The van der Waals surface area contributed by atoms with Gasteiger partial charge in [-0.1, -0.05) is 30.3 Å². The quantitative estimate of drug-likeness (QED) is 0.185. The summed E-state index contributed by atoms with van der Waals surface area (Å²) in [4.78, 5) is 56.0. The lowest BCUT2D eigenvalue weighted by atomic mass is 9.82. The Bertz CT molecular complexity index is 1280. The second kappa shape index (κ2) is 12.5. The zero-order valence-electron chi connectivity index (χ0n) is 21.0. The molecule has 1 unspecified atom stereocenters. The average Bonchev–Trinajstić information content (AvgIpc) is 3.25. The van der Waals surface area contributed by atoms with Crippen LogP contribution in [0.5, 0.6) is 0 Å². The molecule has 0 bridgehead atoms. The van der Waals surface area contributed by atoms with E-state index in [1.165, 1.54) is 17.9 Å². The maximum absolute atomic E-state index is 13.4. The fourth-order valence-corrected chi connectivity index (χ4v) is 4.13. The number of allylic oxidation sites excluding steroid dienone is 2. The van der Waals surface area contributed by atoms with Gasteiger partial charge in [-0.3, -0.25) is 0 Å². The zero-order valence-corrected chi connectivity index (χ0v) is 21.0. The van der Waals surface area contributed by atoms with Gasteiger partial charge in [0.1, 0.15) is 5.69 Å². The average molecular weight is 530 g/mol. The Balaban J connectivity index is 1.92. The molecule has 0 fully saturated rings. The first kappa shape index (κ1) is 27.8. The minimum absolute atomic E-state index is 0.000929. The molecule has 38 heavy (non-hydrogen) atoms. The van der Waals surface area contributed by atoms with Crippen LogP contribution in [0, 0.1) is 20.2 Å². The summed E-state index contributed by atoms with van der Waals surface area (Å²) in [6, 6.07) is 9.37. The first-order valence-electron chi connectivity index (χ1n) is 11.6. The second-order valence-corrected chi connectivity index (χ2v) is 8.37. The van der Waals surface area contributed by atoms with E-state index in [-0.39, 0.29) is 43.1 Å². The fraction of sp³-hybridized carbons (Fsp3) is 0.375. The number of nitro groups is 1. The molecular weight excluding hydrogens is 502 g/mol. The largest absolute Gasteiger partial charge is 0.462 e. The molecule has 2 heterocycles. The van der Waals surface area contributed by atoms with Gasteiger partial charge in [0.25, 0.3) is 5.09 Å². The molecule has 1 N–H and O–H groups in total. The number of imidazole rings is 1. The van der Waals surface area contributed by atoms with Crippen LogP contribution in [0.3, 0.4) is 0 Å². The highest BCUT2D eigenvalue weighted by atomic mass is 16.9. The van der Waals surface area contributed by atoms with Gasteiger partial charge in [-0.25, -0.2) is 9.59 Å². The van der Waals surface area contributed by atoms with Crippen LogP contribution >= 0.6 is 0 Å². The standard InChI is InChI=1S/C24H27N5O9/c1-15-18(23(30)36-11-7-12-38-29(34)35)20(21-22(28(32)33)25-14-27(21)3)19(16(2)26-15)24(31)37-13-10-17-8-5-4-6-9-17/h4-6,8-9,14,20,26H,7,10-13H2,1-3H3. The first-order valence-corrected chi connectivity index (χ1v) is 11.6. The van der Waals surface area contributed by atoms with Gasteiger partial charge in [0.05, 0.1) is 36.9 Å². The van der Waals surface area contributed by atoms with Crippen molar-refractivity contribution in [1.82, 2.24) is 14.9 Å². The van der Waals surface area contributed by atoms with Gasteiger partial charge < -0.3 is 34.3 Å². The van der Waals surface area contributed by atoms with E-state index in [1.54, 1.807) is 13.8 Å². The van der Waals surface area contributed by atoms with Crippen LogP contribution in [0.15, 0.2) is 59.2 Å². The number of nitrogens with zero attached hydrogens (tertiary/aromatic N) is 4. The molecule has 3 rings (SSSR count). The molecule has 1 aliphatic rings. The van der Waals surface area contributed by atoms with E-state index >= 15 is 0 Å². The lowest BCUT2D eigenvalue weighted by Gasteiger charge is -2.30. The molecule has 0 amide bonds. The molecule has 2 aromatic rings. The van der Waals surface area contributed by atoms with Crippen LogP contribution in [0.1, 0.15) is 37.4 Å². The van der Waals surface area contributed by atoms with Gasteiger partial charge in [0.2, 0.25) is 6.33 Å². The summed E-state index contributed by atoms with van der Waals surface area (Å²) in [6.45, 7) is 2.71. The second-order valence-electron chi connectivity index (χ2n) is 8.37. The predicted molar refractivity (Wildman–Crippen MR) is 131 cm³/mol. The molecule has 0 spiro atoms. The highest BCUT2D eigenvalue weighted by Gasteiger charge is 2.43. The van der Waals surface area contributed by atoms with Crippen molar-refractivity contribution in [3.63, 3.8) is 0 Å². The van der Waals surface area contributed by atoms with Crippen LogP contribution in [-0.2, 0) is 37.4 Å². The van der Waals surface area contributed by atoms with Crippen molar-refractivity contribution in [1.29, 1.82) is 0 Å². The minimum Gasteiger partial charge on any atom is -0.462 e. The number of esters is 2. The van der Waals surface area contributed by atoms with Crippen LogP contribution in [0.25, 0.3) is 0 Å². The van der Waals surface area contributed by atoms with E-state index in [0.29, 0.717) is 17.8 Å². The number of ether oxygens (including phenoxy) is 2. The molecule has 0 radical (unpaired) electrons. The van der Waals surface area contributed by atoms with Crippen molar-refractivity contribution in [2.24, 2.45) is 7.05 Å². The van der Waals surface area contributed by atoms with Gasteiger partial charge in [-0.05, 0) is 29.3 Å². The topological polar surface area (TPSA) is 178 Å². The van der Waals surface area contributed by atoms with Gasteiger partial charge in [-0.15, -0.1) is 10.1 Å². The number of carbonyl (C=O) groups excluding carboxylic acids is 2. The van der Waals surface area contributed by atoms with E-state index in [1.807, 2.05) is 30.3 Å². The normalized spacial score (nSPS) is 15.1. The van der Waals surface area contributed by atoms with Crippen molar-refractivity contribution >= 4 is 17.8 Å². The number of aromatic nitrogens is 2. The summed E-state index contributed by atoms with van der Waals surface area (Å²) >= 11 is 0. The van der Waals surface area contributed by atoms with Crippen LogP contribution in [0.2, 0.25) is 0 Å². The van der Waals surface area contributed by atoms with E-state index < -0.39 is 33.7 Å². The SMILES string of the molecule is CC1=C(C(=O)OCCCO[N+](=O)[O-])C(c2c([N+](=O)[O-])ncn2C)C(C(=O)OCCc2ccccc2)=C(C)N1. The van der Waals surface area contributed by atoms with Crippen LogP contribution in [0.4, 0.5) is 5.82 Å². The third-order valence-corrected chi connectivity index (χ3v) is 5.79. The van der Waals surface area contributed by atoms with E-state index in [4.69, 9.17) is 9.47 Å². The van der Waals surface area contributed by atoms with Crippen LogP contribution in [-0.4, -0.2) is 51.3 Å². The molecule has 14 nitrogen and oxygen atoms in total. The number of hydrogen-bond acceptors (Lipinski definition) is 11. The van der Waals surface area contributed by atoms with Gasteiger partial charge >= 0.3 is 17.8 Å². The summed E-state index contributed by atoms with van der Waals surface area (Å²) in [7, 11) is 1.51. The summed E-state index contributed by atoms with van der Waals surface area (Å²) in [5.74, 6) is -3.38. The summed E-state index contributed by atoms with van der Waals surface area (Å²) < 4.78 is 12.2. The third kappa shape index (κ3) is 6.52. The molecule has 202 valence electrons. The van der Waals surface area contributed by atoms with E-state index in [0.717, 1.165) is 5.56 Å². The summed E-state index contributed by atoms with van der Waals surface area (Å²) in [6.07, 6.45) is 1.70.